The van der Waals surface area contributed by atoms with Crippen LogP contribution in [0.2, 0.25) is 0 Å². The van der Waals surface area contributed by atoms with Crippen molar-refractivity contribution in [3.8, 4) is 5.75 Å². The second kappa shape index (κ2) is 7.63. The van der Waals surface area contributed by atoms with Crippen LogP contribution >= 0.6 is 11.3 Å². The lowest BCUT2D eigenvalue weighted by Gasteiger charge is -2.03. The number of hydrogen-bond donors (Lipinski definition) is 2. The van der Waals surface area contributed by atoms with E-state index in [9.17, 15) is 9.59 Å². The Balaban J connectivity index is 1.58. The van der Waals surface area contributed by atoms with Crippen molar-refractivity contribution >= 4 is 28.3 Å². The largest absolute Gasteiger partial charge is 0.497 e. The van der Waals surface area contributed by atoms with Gasteiger partial charge in [0.15, 0.2) is 5.13 Å². The molecule has 2 N–H and O–H groups in total. The van der Waals surface area contributed by atoms with Crippen molar-refractivity contribution in [1.29, 1.82) is 0 Å². The predicted molar refractivity (Wildman–Crippen MR) is 92.9 cm³/mol. The number of amides is 2. The van der Waals surface area contributed by atoms with Crippen LogP contribution in [0.3, 0.4) is 0 Å². The maximum Gasteiger partial charge on any atom is 0.271 e. The van der Waals surface area contributed by atoms with E-state index in [0.717, 1.165) is 0 Å². The number of thiazole rings is 1. The molecule has 3 aromatic rings. The number of rotatable bonds is 6. The quantitative estimate of drug-likeness (QED) is 0.707. The number of methoxy groups -OCH3 is 1. The molecule has 0 aliphatic rings. The van der Waals surface area contributed by atoms with Crippen LogP contribution in [0.5, 0.6) is 5.75 Å². The van der Waals surface area contributed by atoms with Crippen molar-refractivity contribution in [2.24, 2.45) is 0 Å². The number of ether oxygens (including phenoxy) is 1. The maximum atomic E-state index is 12.2. The summed E-state index contributed by atoms with van der Waals surface area (Å²) in [6.45, 7) is 0.275. The minimum atomic E-state index is -0.336. The Hall–Kier alpha value is -3.13. The van der Waals surface area contributed by atoms with Crippen LogP contribution in [0, 0.1) is 0 Å². The number of carbonyl (C=O) groups is 2. The summed E-state index contributed by atoms with van der Waals surface area (Å²) in [6, 6.07) is 10.2. The van der Waals surface area contributed by atoms with E-state index in [-0.39, 0.29) is 24.1 Å². The van der Waals surface area contributed by atoms with E-state index in [4.69, 9.17) is 9.15 Å². The van der Waals surface area contributed by atoms with E-state index in [1.165, 1.54) is 17.6 Å². The number of nitrogens with one attached hydrogen (secondary N) is 2. The first-order chi connectivity index (χ1) is 12.2. The average Bonchev–Trinajstić information content (AvgIpc) is 3.31. The van der Waals surface area contributed by atoms with Crippen LogP contribution in [-0.4, -0.2) is 23.9 Å². The normalized spacial score (nSPS) is 10.3. The molecule has 128 valence electrons. The monoisotopic (exact) mass is 357 g/mol. The van der Waals surface area contributed by atoms with Crippen LogP contribution in [-0.2, 0) is 6.54 Å². The van der Waals surface area contributed by atoms with Gasteiger partial charge in [-0.1, -0.05) is 0 Å². The van der Waals surface area contributed by atoms with Gasteiger partial charge >= 0.3 is 0 Å². The minimum Gasteiger partial charge on any atom is -0.497 e. The number of anilines is 1. The number of carbonyl (C=O) groups excluding carboxylic acids is 2. The lowest BCUT2D eigenvalue weighted by molar-refractivity contribution is 0.0942. The third-order valence-electron chi connectivity index (χ3n) is 3.31. The van der Waals surface area contributed by atoms with Crippen molar-refractivity contribution in [3.05, 3.63) is 65.1 Å². The van der Waals surface area contributed by atoms with E-state index in [0.29, 0.717) is 22.2 Å². The highest BCUT2D eigenvalue weighted by Gasteiger charge is 2.13. The molecule has 0 saturated carbocycles. The van der Waals surface area contributed by atoms with E-state index in [1.807, 2.05) is 0 Å². The molecule has 0 radical (unpaired) electrons. The molecular weight excluding hydrogens is 342 g/mol. The van der Waals surface area contributed by atoms with Gasteiger partial charge in [-0.2, -0.15) is 0 Å². The fourth-order valence-electron chi connectivity index (χ4n) is 2.02. The predicted octanol–water partition coefficient (Wildman–Crippen LogP) is 2.93. The molecule has 1 aromatic carbocycles. The summed E-state index contributed by atoms with van der Waals surface area (Å²) in [5.74, 6) is 0.676. The van der Waals surface area contributed by atoms with Crippen molar-refractivity contribution in [1.82, 2.24) is 10.3 Å². The van der Waals surface area contributed by atoms with E-state index < -0.39 is 0 Å². The third kappa shape index (κ3) is 4.24. The first-order valence-electron chi connectivity index (χ1n) is 7.37. The van der Waals surface area contributed by atoms with Crippen LogP contribution < -0.4 is 15.4 Å². The molecule has 3 rings (SSSR count). The lowest BCUT2D eigenvalue weighted by Crippen LogP contribution is -2.23. The lowest BCUT2D eigenvalue weighted by atomic mass is 10.2. The third-order valence-corrected chi connectivity index (χ3v) is 4.07. The molecule has 0 saturated heterocycles. The molecule has 0 unspecified atom stereocenters. The summed E-state index contributed by atoms with van der Waals surface area (Å²) < 4.78 is 10.2. The summed E-state index contributed by atoms with van der Waals surface area (Å²) >= 11 is 1.18. The van der Waals surface area contributed by atoms with Gasteiger partial charge < -0.3 is 14.5 Å². The first kappa shape index (κ1) is 16.7. The Labute approximate surface area is 147 Å². The summed E-state index contributed by atoms with van der Waals surface area (Å²) in [5.41, 5.74) is 0.710. The minimum absolute atomic E-state index is 0.238. The smallest absolute Gasteiger partial charge is 0.271 e. The molecule has 2 heterocycles. The molecule has 7 nitrogen and oxygen atoms in total. The molecular formula is C17H15N3O4S. The molecule has 2 aromatic heterocycles. The Morgan fingerprint density at radius 1 is 1.20 bits per heavy atom. The zero-order chi connectivity index (χ0) is 17.6. The topological polar surface area (TPSA) is 93.5 Å². The molecule has 0 aliphatic heterocycles. The van der Waals surface area contributed by atoms with E-state index in [1.54, 1.807) is 48.9 Å². The van der Waals surface area contributed by atoms with E-state index >= 15 is 0 Å². The Morgan fingerprint density at radius 2 is 2.00 bits per heavy atom. The van der Waals surface area contributed by atoms with Gasteiger partial charge in [-0.25, -0.2) is 4.98 Å². The Kier molecular flexibility index (Phi) is 5.10. The molecule has 0 aliphatic carbocycles. The van der Waals surface area contributed by atoms with Crippen LogP contribution in [0.15, 0.2) is 52.5 Å². The maximum absolute atomic E-state index is 12.2. The molecule has 2 amide bonds. The number of furan rings is 1. The number of aromatic nitrogens is 1. The SMILES string of the molecule is COc1ccc(C(=O)Nc2nc(C(=O)NCc3ccco3)cs2)cc1. The highest BCUT2D eigenvalue weighted by molar-refractivity contribution is 7.14. The number of nitrogens with zero attached hydrogens (tertiary/aromatic N) is 1. The fraction of sp³-hybridized carbons (Fsp3) is 0.118. The van der Waals surface area contributed by atoms with Crippen molar-refractivity contribution in [2.45, 2.75) is 6.54 Å². The van der Waals surface area contributed by atoms with Crippen molar-refractivity contribution in [3.63, 3.8) is 0 Å². The zero-order valence-electron chi connectivity index (χ0n) is 13.3. The molecule has 0 fully saturated rings. The van der Waals surface area contributed by atoms with Crippen LogP contribution in [0.4, 0.5) is 5.13 Å². The summed E-state index contributed by atoms with van der Waals surface area (Å²) in [6.07, 6.45) is 1.54. The van der Waals surface area contributed by atoms with Gasteiger partial charge in [-0.05, 0) is 36.4 Å². The van der Waals surface area contributed by atoms with Crippen molar-refractivity contribution in [2.75, 3.05) is 12.4 Å². The van der Waals surface area contributed by atoms with Gasteiger partial charge in [-0.15, -0.1) is 11.3 Å². The van der Waals surface area contributed by atoms with Crippen LogP contribution in [0.1, 0.15) is 26.6 Å². The van der Waals surface area contributed by atoms with Gasteiger partial charge in [0.05, 0.1) is 19.9 Å². The van der Waals surface area contributed by atoms with Gasteiger partial charge in [0, 0.05) is 10.9 Å². The molecule has 8 heteroatoms. The van der Waals surface area contributed by atoms with Crippen molar-refractivity contribution < 1.29 is 18.7 Å². The van der Waals surface area contributed by atoms with E-state index in [2.05, 4.69) is 15.6 Å². The Morgan fingerprint density at radius 3 is 2.68 bits per heavy atom. The molecule has 0 spiro atoms. The average molecular weight is 357 g/mol. The Bertz CT molecular complexity index is 856. The fourth-order valence-corrected chi connectivity index (χ4v) is 2.70. The summed E-state index contributed by atoms with van der Waals surface area (Å²) in [5, 5.41) is 7.30. The zero-order valence-corrected chi connectivity index (χ0v) is 14.1. The van der Waals surface area contributed by atoms with Gasteiger partial charge in [-0.3, -0.25) is 14.9 Å². The van der Waals surface area contributed by atoms with Crippen LogP contribution in [0.25, 0.3) is 0 Å². The first-order valence-corrected chi connectivity index (χ1v) is 8.25. The van der Waals surface area contributed by atoms with Gasteiger partial charge in [0.1, 0.15) is 17.2 Å². The summed E-state index contributed by atoms with van der Waals surface area (Å²) in [4.78, 5) is 28.3. The second-order valence-corrected chi connectivity index (χ2v) is 5.84. The highest BCUT2D eigenvalue weighted by atomic mass is 32.1. The number of benzene rings is 1. The second-order valence-electron chi connectivity index (χ2n) is 4.98. The standard InChI is InChI=1S/C17H15N3O4S/c1-23-12-6-4-11(5-7-12)15(21)20-17-19-14(10-25-17)16(22)18-9-13-3-2-8-24-13/h2-8,10H,9H2,1H3,(H,18,22)(H,19,20,21). The highest BCUT2D eigenvalue weighted by Crippen LogP contribution is 2.18. The number of hydrogen-bond acceptors (Lipinski definition) is 6. The van der Waals surface area contributed by atoms with Gasteiger partial charge in [0.25, 0.3) is 11.8 Å². The molecule has 0 bridgehead atoms. The summed E-state index contributed by atoms with van der Waals surface area (Å²) in [7, 11) is 1.56. The molecule has 0 atom stereocenters. The van der Waals surface area contributed by atoms with Gasteiger partial charge in [0.2, 0.25) is 0 Å². The molecule has 25 heavy (non-hydrogen) atoms.